The Morgan fingerprint density at radius 2 is 2.41 bits per heavy atom. The van der Waals surface area contributed by atoms with Crippen molar-refractivity contribution in [3.63, 3.8) is 0 Å². The van der Waals surface area contributed by atoms with E-state index in [1.54, 1.807) is 0 Å². The Morgan fingerprint density at radius 1 is 1.59 bits per heavy atom. The summed E-state index contributed by atoms with van der Waals surface area (Å²) in [5.74, 6) is 1.09. The molecule has 0 aromatic heterocycles. The number of nitrogens with one attached hydrogen (secondary N) is 1. The topological polar surface area (TPSA) is 12.0 Å². The minimum Gasteiger partial charge on any atom is -0.309 e. The summed E-state index contributed by atoms with van der Waals surface area (Å²) in [6.45, 7) is 3.17. The van der Waals surface area contributed by atoms with Crippen LogP contribution in [0.3, 0.4) is 0 Å². The first-order chi connectivity index (χ1) is 8.16. The molecule has 0 bridgehead atoms. The highest BCUT2D eigenvalue weighted by Gasteiger charge is 2.16. The van der Waals surface area contributed by atoms with E-state index in [2.05, 4.69) is 39.9 Å². The molecule has 1 aliphatic rings. The molecule has 2 rings (SSSR count). The van der Waals surface area contributed by atoms with E-state index in [4.69, 9.17) is 0 Å². The molecule has 1 saturated heterocycles. The first-order valence-corrected chi connectivity index (χ1v) is 7.81. The van der Waals surface area contributed by atoms with Gasteiger partial charge in [0.2, 0.25) is 0 Å². The SMILES string of the molecule is CC(NCC1CCCS1)c1ccc(F)c(Br)c1. The normalized spacial score (nSPS) is 21.7. The van der Waals surface area contributed by atoms with Crippen molar-refractivity contribution in [1.82, 2.24) is 5.32 Å². The van der Waals surface area contributed by atoms with Gasteiger partial charge in [0.05, 0.1) is 4.47 Å². The van der Waals surface area contributed by atoms with E-state index in [1.165, 1.54) is 24.7 Å². The van der Waals surface area contributed by atoms with Crippen LogP contribution in [0.25, 0.3) is 0 Å². The van der Waals surface area contributed by atoms with E-state index in [-0.39, 0.29) is 11.9 Å². The number of benzene rings is 1. The molecule has 0 radical (unpaired) electrons. The van der Waals surface area contributed by atoms with Crippen LogP contribution in [-0.2, 0) is 0 Å². The zero-order chi connectivity index (χ0) is 12.3. The van der Waals surface area contributed by atoms with E-state index in [0.29, 0.717) is 4.47 Å². The monoisotopic (exact) mass is 317 g/mol. The Morgan fingerprint density at radius 3 is 3.06 bits per heavy atom. The summed E-state index contributed by atoms with van der Waals surface area (Å²) in [7, 11) is 0. The summed E-state index contributed by atoms with van der Waals surface area (Å²) in [5, 5.41) is 4.27. The number of hydrogen-bond donors (Lipinski definition) is 1. The van der Waals surface area contributed by atoms with Gasteiger partial charge in [-0.3, -0.25) is 0 Å². The van der Waals surface area contributed by atoms with Gasteiger partial charge in [0.1, 0.15) is 5.82 Å². The lowest BCUT2D eigenvalue weighted by atomic mass is 10.1. The summed E-state index contributed by atoms with van der Waals surface area (Å²) in [5.41, 5.74) is 1.13. The van der Waals surface area contributed by atoms with Gasteiger partial charge in [0.15, 0.2) is 0 Å². The summed E-state index contributed by atoms with van der Waals surface area (Å²) in [6, 6.07) is 5.49. The lowest BCUT2D eigenvalue weighted by Gasteiger charge is -2.17. The van der Waals surface area contributed by atoms with Crippen LogP contribution in [0.2, 0.25) is 0 Å². The van der Waals surface area contributed by atoms with Crippen LogP contribution in [0.4, 0.5) is 4.39 Å². The van der Waals surface area contributed by atoms with Crippen molar-refractivity contribution < 1.29 is 4.39 Å². The van der Waals surface area contributed by atoms with E-state index in [9.17, 15) is 4.39 Å². The second-order valence-electron chi connectivity index (χ2n) is 4.44. The molecule has 1 heterocycles. The third-order valence-corrected chi connectivity index (χ3v) is 5.13. The van der Waals surface area contributed by atoms with Gasteiger partial charge in [-0.1, -0.05) is 6.07 Å². The van der Waals surface area contributed by atoms with Gasteiger partial charge in [0, 0.05) is 17.8 Å². The van der Waals surface area contributed by atoms with E-state index in [0.717, 1.165) is 17.4 Å². The van der Waals surface area contributed by atoms with Crippen molar-refractivity contribution >= 4 is 27.7 Å². The highest BCUT2D eigenvalue weighted by molar-refractivity contribution is 9.10. The Hall–Kier alpha value is -0.0600. The van der Waals surface area contributed by atoms with Crippen molar-refractivity contribution in [3.8, 4) is 0 Å². The summed E-state index contributed by atoms with van der Waals surface area (Å²) in [4.78, 5) is 0. The Kier molecular flexibility index (Phi) is 4.88. The second-order valence-corrected chi connectivity index (χ2v) is 6.70. The first kappa shape index (κ1) is 13.4. The van der Waals surface area contributed by atoms with Crippen LogP contribution in [-0.4, -0.2) is 17.5 Å². The van der Waals surface area contributed by atoms with Crippen LogP contribution < -0.4 is 5.32 Å². The zero-order valence-corrected chi connectivity index (χ0v) is 12.3. The van der Waals surface area contributed by atoms with Crippen molar-refractivity contribution in [2.75, 3.05) is 12.3 Å². The van der Waals surface area contributed by atoms with Crippen molar-refractivity contribution in [3.05, 3.63) is 34.1 Å². The van der Waals surface area contributed by atoms with Crippen molar-refractivity contribution in [2.24, 2.45) is 0 Å². The smallest absolute Gasteiger partial charge is 0.137 e. The van der Waals surface area contributed by atoms with E-state index < -0.39 is 0 Å². The highest BCUT2D eigenvalue weighted by Crippen LogP contribution is 2.26. The second kappa shape index (κ2) is 6.21. The molecule has 0 saturated carbocycles. The summed E-state index contributed by atoms with van der Waals surface area (Å²) < 4.78 is 13.7. The van der Waals surface area contributed by atoms with Crippen LogP contribution in [0, 0.1) is 5.82 Å². The highest BCUT2D eigenvalue weighted by atomic mass is 79.9. The zero-order valence-electron chi connectivity index (χ0n) is 9.88. The lowest BCUT2D eigenvalue weighted by Crippen LogP contribution is -2.26. The fraction of sp³-hybridized carbons (Fsp3) is 0.538. The lowest BCUT2D eigenvalue weighted by molar-refractivity contribution is 0.556. The molecule has 1 fully saturated rings. The molecule has 1 N–H and O–H groups in total. The van der Waals surface area contributed by atoms with Gasteiger partial charge in [-0.05, 0) is 59.1 Å². The Bertz CT molecular complexity index is 380. The molecule has 0 aliphatic carbocycles. The number of halogens is 2. The fourth-order valence-corrected chi connectivity index (χ4v) is 3.62. The first-order valence-electron chi connectivity index (χ1n) is 5.97. The molecule has 4 heteroatoms. The Balaban J connectivity index is 1.89. The number of hydrogen-bond acceptors (Lipinski definition) is 2. The molecule has 0 amide bonds. The van der Waals surface area contributed by atoms with Crippen LogP contribution in [0.1, 0.15) is 31.4 Å². The fourth-order valence-electron chi connectivity index (χ4n) is 2.01. The third kappa shape index (κ3) is 3.70. The molecule has 17 heavy (non-hydrogen) atoms. The van der Waals surface area contributed by atoms with Crippen molar-refractivity contribution in [2.45, 2.75) is 31.1 Å². The molecule has 1 aliphatic heterocycles. The minimum absolute atomic E-state index is 0.202. The molecule has 1 aromatic carbocycles. The molecule has 0 spiro atoms. The van der Waals surface area contributed by atoms with Crippen LogP contribution >= 0.6 is 27.7 Å². The van der Waals surface area contributed by atoms with Gasteiger partial charge in [-0.25, -0.2) is 4.39 Å². The van der Waals surface area contributed by atoms with Crippen molar-refractivity contribution in [1.29, 1.82) is 0 Å². The molecule has 94 valence electrons. The molecular weight excluding hydrogens is 301 g/mol. The van der Waals surface area contributed by atoms with E-state index in [1.807, 2.05) is 12.1 Å². The maximum Gasteiger partial charge on any atom is 0.137 e. The molecule has 1 nitrogen and oxygen atoms in total. The largest absolute Gasteiger partial charge is 0.309 e. The van der Waals surface area contributed by atoms with Gasteiger partial charge >= 0.3 is 0 Å². The minimum atomic E-state index is -0.202. The van der Waals surface area contributed by atoms with Gasteiger partial charge < -0.3 is 5.32 Å². The van der Waals surface area contributed by atoms with Crippen LogP contribution in [0.5, 0.6) is 0 Å². The third-order valence-electron chi connectivity index (χ3n) is 3.12. The van der Waals surface area contributed by atoms with Gasteiger partial charge in [-0.2, -0.15) is 11.8 Å². The average molecular weight is 318 g/mol. The maximum atomic E-state index is 13.1. The van der Waals surface area contributed by atoms with Gasteiger partial charge in [0.25, 0.3) is 0 Å². The molecule has 1 aromatic rings. The standard InChI is InChI=1S/C13H17BrFNS/c1-9(16-8-11-3-2-6-17-11)10-4-5-13(15)12(14)7-10/h4-5,7,9,11,16H,2-3,6,8H2,1H3. The average Bonchev–Trinajstić information content (AvgIpc) is 2.82. The summed E-state index contributed by atoms with van der Waals surface area (Å²) >= 11 is 5.28. The van der Waals surface area contributed by atoms with Crippen LogP contribution in [0.15, 0.2) is 22.7 Å². The quantitative estimate of drug-likeness (QED) is 0.896. The molecular formula is C13H17BrFNS. The van der Waals surface area contributed by atoms with Gasteiger partial charge in [-0.15, -0.1) is 0 Å². The van der Waals surface area contributed by atoms with E-state index >= 15 is 0 Å². The predicted molar refractivity (Wildman–Crippen MR) is 76.0 cm³/mol. The maximum absolute atomic E-state index is 13.1. The Labute approximate surface area is 115 Å². The number of rotatable bonds is 4. The molecule has 2 unspecified atom stereocenters. The summed E-state index contributed by atoms with van der Waals surface area (Å²) in [6.07, 6.45) is 2.66. The predicted octanol–water partition coefficient (Wildman–Crippen LogP) is 4.13. The molecule has 2 atom stereocenters. The number of thioether (sulfide) groups is 1.